The molecule has 0 radical (unpaired) electrons. The number of anilines is 1. The van der Waals surface area contributed by atoms with Gasteiger partial charge in [-0.1, -0.05) is 110 Å². The predicted molar refractivity (Wildman–Crippen MR) is 398 cm³/mol. The summed E-state index contributed by atoms with van der Waals surface area (Å²) in [6.07, 6.45) is 21.5. The van der Waals surface area contributed by atoms with Gasteiger partial charge in [0, 0.05) is 59.1 Å². The molecule has 10 N–H and O–H groups in total. The second kappa shape index (κ2) is 43.6. The minimum atomic E-state index is -0.692. The normalized spacial score (nSPS) is 22.8. The van der Waals surface area contributed by atoms with Crippen LogP contribution in [0.3, 0.4) is 0 Å². The zero-order chi connectivity index (χ0) is 70.2. The van der Waals surface area contributed by atoms with Gasteiger partial charge >= 0.3 is 35.0 Å². The Balaban J connectivity index is 0.000000311. The van der Waals surface area contributed by atoms with Crippen LogP contribution < -0.4 is 33.8 Å². The van der Waals surface area contributed by atoms with E-state index in [2.05, 4.69) is 34.2 Å². The SMILES string of the molecule is C1CCOC1.CC(C)(O)[C@@H]1CC[C@@H](N)C1.CC(C)(O)[C@H]1CC[C@H](Nc2ccc3ncc(-c4cccc(Cl)c4)n3n2)C1.CCO.C[C@@H]1CC[C@@H](C(=O)OCc2ccccc2)C1.C[C@@H]1CC[C@@H](C(C)(C)O)C1.Clc1cccc(-c2cnc3ccc(Cl)nn23)c1.N[C@@H]1CC[C@@H](C(=O)O)C1.[Br-].[CH3-].[Mg+2]. The zero-order valence-corrected chi connectivity index (χ0v) is 65.3. The number of hydrogen-bond acceptors (Lipinski definition) is 15. The van der Waals surface area contributed by atoms with Gasteiger partial charge < -0.3 is 76.2 Å². The van der Waals surface area contributed by atoms with E-state index in [4.69, 9.17) is 71.1 Å². The third kappa shape index (κ3) is 30.4. The molecule has 99 heavy (non-hydrogen) atoms. The fourth-order valence-electron chi connectivity index (χ4n) is 13.0. The Hall–Kier alpha value is -4.52. The number of aliphatic hydroxyl groups excluding tert-OH is 1. The summed E-state index contributed by atoms with van der Waals surface area (Å²) in [5.74, 6) is 2.87. The summed E-state index contributed by atoms with van der Waals surface area (Å²) in [5, 5.41) is 59.8. The number of fused-ring (bicyclic) bond motifs is 2. The Morgan fingerprint density at radius 3 is 1.49 bits per heavy atom. The number of benzene rings is 3. The van der Waals surface area contributed by atoms with Gasteiger partial charge in [-0.15, -0.1) is 5.10 Å². The van der Waals surface area contributed by atoms with E-state index >= 15 is 0 Å². The Morgan fingerprint density at radius 2 is 1.08 bits per heavy atom. The number of carboxylic acids is 1. The molecule has 5 aliphatic carbocycles. The van der Waals surface area contributed by atoms with E-state index in [1.165, 1.54) is 32.1 Å². The number of hydrogen-bond donors (Lipinski definition) is 8. The van der Waals surface area contributed by atoms with Gasteiger partial charge in [-0.25, -0.2) is 19.0 Å². The smallest absolute Gasteiger partial charge is 1.00 e. The molecule has 10 atom stereocenters. The summed E-state index contributed by atoms with van der Waals surface area (Å²) in [7, 11) is 0. The third-order valence-corrected chi connectivity index (χ3v) is 19.5. The Kier molecular flexibility index (Phi) is 39.0. The van der Waals surface area contributed by atoms with Gasteiger partial charge in [0.2, 0.25) is 0 Å². The number of aliphatic hydroxyl groups is 4. The van der Waals surface area contributed by atoms with Gasteiger partial charge in [0.25, 0.3) is 0 Å². The zero-order valence-electron chi connectivity index (χ0n) is 60.0. The van der Waals surface area contributed by atoms with Crippen molar-refractivity contribution < 1.29 is 61.6 Å². The van der Waals surface area contributed by atoms with Crippen molar-refractivity contribution in [2.75, 3.05) is 25.1 Å². The molecule has 544 valence electrons. The van der Waals surface area contributed by atoms with Crippen molar-refractivity contribution in [1.29, 1.82) is 0 Å². The van der Waals surface area contributed by atoms with Crippen LogP contribution in [0.2, 0.25) is 15.2 Å². The number of carbonyl (C=O) groups excluding carboxylic acids is 1. The molecule has 7 aromatic rings. The van der Waals surface area contributed by atoms with Crippen LogP contribution >= 0.6 is 34.8 Å². The third-order valence-electron chi connectivity index (χ3n) is 18.8. The van der Waals surface area contributed by atoms with Gasteiger partial charge in [0.15, 0.2) is 11.3 Å². The van der Waals surface area contributed by atoms with Crippen LogP contribution in [0.1, 0.15) is 177 Å². The van der Waals surface area contributed by atoms with Crippen LogP contribution in [0.25, 0.3) is 33.8 Å². The number of nitrogens with zero attached hydrogens (tertiary/aromatic N) is 6. The number of imidazole rings is 2. The first-order valence-electron chi connectivity index (χ1n) is 34.4. The van der Waals surface area contributed by atoms with Crippen LogP contribution in [0.5, 0.6) is 0 Å². The molecule has 5 heterocycles. The van der Waals surface area contributed by atoms with Crippen molar-refractivity contribution in [3.05, 3.63) is 144 Å². The second-order valence-corrected chi connectivity index (χ2v) is 29.6. The first-order valence-corrected chi connectivity index (χ1v) is 35.6. The molecule has 0 unspecified atom stereocenters. The minimum absolute atomic E-state index is 0. The Morgan fingerprint density at radius 1 is 0.606 bits per heavy atom. The van der Waals surface area contributed by atoms with Crippen molar-refractivity contribution in [3.8, 4) is 22.5 Å². The van der Waals surface area contributed by atoms with Crippen LogP contribution in [0.4, 0.5) is 5.82 Å². The first kappa shape index (κ1) is 88.7. The van der Waals surface area contributed by atoms with E-state index in [1.807, 2.05) is 149 Å². The molecule has 6 aliphatic rings. The Bertz CT molecular complexity index is 3420. The quantitative estimate of drug-likeness (QED) is 0.0339. The summed E-state index contributed by atoms with van der Waals surface area (Å²) in [6, 6.07) is 33.3. The molecule has 0 spiro atoms. The maximum absolute atomic E-state index is 11.7. The molecule has 5 saturated carbocycles. The summed E-state index contributed by atoms with van der Waals surface area (Å²) in [4.78, 5) is 30.7. The van der Waals surface area contributed by atoms with E-state index in [9.17, 15) is 24.9 Å². The molecule has 0 amide bonds. The number of ether oxygens (including phenoxy) is 2. The fourth-order valence-corrected chi connectivity index (χ4v) is 13.5. The van der Waals surface area contributed by atoms with Gasteiger partial charge in [0.1, 0.15) is 17.6 Å². The Labute approximate surface area is 630 Å². The van der Waals surface area contributed by atoms with Crippen molar-refractivity contribution in [3.63, 3.8) is 0 Å². The number of aromatic nitrogens is 6. The number of nitrogens with one attached hydrogen (secondary N) is 1. The van der Waals surface area contributed by atoms with Crippen LogP contribution in [0.15, 0.2) is 116 Å². The molecule has 1 aliphatic heterocycles. The molecule has 4 aromatic heterocycles. The molecule has 0 bridgehead atoms. The molecule has 1 saturated heterocycles. The molecule has 23 heteroatoms. The van der Waals surface area contributed by atoms with Crippen LogP contribution in [-0.4, -0.2) is 144 Å². The monoisotopic (exact) mass is 1500 g/mol. The van der Waals surface area contributed by atoms with E-state index in [-0.39, 0.29) is 77.9 Å². The van der Waals surface area contributed by atoms with Crippen LogP contribution in [-0.2, 0) is 25.7 Å². The van der Waals surface area contributed by atoms with Crippen molar-refractivity contribution in [2.45, 2.75) is 213 Å². The number of rotatable bonds is 11. The van der Waals surface area contributed by atoms with Crippen molar-refractivity contribution in [1.82, 2.24) is 29.2 Å². The summed E-state index contributed by atoms with van der Waals surface area (Å²) in [5.41, 5.74) is 15.9. The van der Waals surface area contributed by atoms with E-state index in [0.717, 1.165) is 135 Å². The standard InChI is InChI=1S/C20H23ClN4O.C14H18O2.C12H7Cl2N3.C9H18O.C8H17NO.C6H11NO2.C4H8O.C2H6O.CH3.BrH.Mg/c1-20(2,26)14-6-7-16(11-14)23-18-8-9-19-22-12-17(25(19)24-18)13-4-3-5-15(21)10-13;1-11-7-8-13(9-11)14(15)16-10-12-5-3-2-4-6-12;13-9-3-1-2-8(6-9)10-7-15-12-5-4-11(14)16-17(10)12;1-7-4-5-8(6-7)9(2,3)10;1-8(2,10)6-3-4-7(9)5-6;7-5-2-1-4(3-5)6(8)9;1-2-4-5-3-1;1-2-3;;;/h3-5,8-10,12,14,16,26H,6-7,11H2,1-2H3,(H,23,24);2-6,11,13H,7-10H2,1H3;1-7H;7-8,10H,4-6H2,1-3H3;6-7,10H,3-5,9H2,1-2H3;4-5H,1-3,7H2,(H,8,9);1-4H2;3H,2H2,1H3;1H3;1H;/q;;;;;;;;-1;;+2/p-1/t14-,16-;11-,13-;;7-,8-;6-,7-;4-,5-;;;;;/m01.111...../s1. The fraction of sp³-hybridized carbons (Fsp3) is 0.566. The van der Waals surface area contributed by atoms with Gasteiger partial charge in [-0.2, -0.15) is 5.10 Å². The molecule has 13 rings (SSSR count). The summed E-state index contributed by atoms with van der Waals surface area (Å²) < 4.78 is 13.8. The molecule has 3 aromatic carbocycles. The van der Waals surface area contributed by atoms with Gasteiger partial charge in [-0.05, 0) is 235 Å². The summed E-state index contributed by atoms with van der Waals surface area (Å²) >= 11 is 18.0. The maximum Gasteiger partial charge on any atom is 2.00 e. The van der Waals surface area contributed by atoms with E-state index in [1.54, 1.807) is 23.7 Å². The van der Waals surface area contributed by atoms with Crippen LogP contribution in [0, 0.1) is 48.9 Å². The van der Waals surface area contributed by atoms with Gasteiger partial charge in [0.05, 0.1) is 52.4 Å². The number of carboxylic acid groups (broad SMARTS) is 1. The largest absolute Gasteiger partial charge is 2.00 e. The van der Waals surface area contributed by atoms with Crippen molar-refractivity contribution >= 4 is 86.9 Å². The maximum atomic E-state index is 11.7. The molecule has 6 fully saturated rings. The van der Waals surface area contributed by atoms with E-state index in [0.29, 0.717) is 64.0 Å². The first-order chi connectivity index (χ1) is 45.5. The number of aliphatic carboxylic acids is 1. The average molecular weight is 1510 g/mol. The molecule has 18 nitrogen and oxygen atoms in total. The number of esters is 1. The van der Waals surface area contributed by atoms with Gasteiger partial charge in [-0.3, -0.25) is 9.59 Å². The van der Waals surface area contributed by atoms with E-state index < -0.39 is 22.8 Å². The summed E-state index contributed by atoms with van der Waals surface area (Å²) in [6.45, 7) is 20.2. The molecular weight excluding hydrogens is 1390 g/mol. The average Bonchev–Trinajstić information content (AvgIpc) is 1.69. The second-order valence-electron chi connectivity index (χ2n) is 28.4. The minimum Gasteiger partial charge on any atom is -1.00 e. The number of nitrogens with two attached hydrogens (primary N) is 2. The predicted octanol–water partition coefficient (Wildman–Crippen LogP) is 12.4. The van der Waals surface area contributed by atoms with Crippen molar-refractivity contribution in [2.24, 2.45) is 52.9 Å². The number of halogens is 4. The topological polar surface area (TPSA) is 278 Å². The number of carbonyl (C=O) groups is 2. The molecular formula is C76H111BrCl3MgN9O9.